The maximum atomic E-state index is 12.8. The maximum Gasteiger partial charge on any atom is 0.246 e. The van der Waals surface area contributed by atoms with Crippen LogP contribution in [0.3, 0.4) is 0 Å². The smallest absolute Gasteiger partial charge is 0.246 e. The van der Waals surface area contributed by atoms with Gasteiger partial charge in [-0.05, 0) is 43.9 Å². The van der Waals surface area contributed by atoms with Crippen molar-refractivity contribution in [1.82, 2.24) is 5.32 Å². The highest BCUT2D eigenvalue weighted by Gasteiger charge is 2.07. The SMILES string of the molecule is CC=C(CCCCCCC)C(=O)NCCc1ccc(F)cc1. The van der Waals surface area contributed by atoms with E-state index in [1.807, 2.05) is 13.0 Å². The topological polar surface area (TPSA) is 29.1 Å². The number of rotatable bonds is 10. The Morgan fingerprint density at radius 3 is 2.45 bits per heavy atom. The van der Waals surface area contributed by atoms with E-state index in [1.54, 1.807) is 12.1 Å². The van der Waals surface area contributed by atoms with Crippen molar-refractivity contribution in [3.05, 3.63) is 47.3 Å². The Morgan fingerprint density at radius 2 is 1.82 bits per heavy atom. The normalized spacial score (nSPS) is 11.5. The van der Waals surface area contributed by atoms with Gasteiger partial charge in [0.05, 0.1) is 0 Å². The zero-order valence-electron chi connectivity index (χ0n) is 13.8. The highest BCUT2D eigenvalue weighted by Crippen LogP contribution is 2.11. The average Bonchev–Trinajstić information content (AvgIpc) is 2.52. The highest BCUT2D eigenvalue weighted by atomic mass is 19.1. The Hall–Kier alpha value is -1.64. The largest absolute Gasteiger partial charge is 0.352 e. The fraction of sp³-hybridized carbons (Fsp3) is 0.526. The molecule has 0 heterocycles. The Balaban J connectivity index is 2.25. The van der Waals surface area contributed by atoms with Crippen LogP contribution in [-0.2, 0) is 11.2 Å². The Morgan fingerprint density at radius 1 is 1.14 bits per heavy atom. The van der Waals surface area contributed by atoms with Gasteiger partial charge in [-0.15, -0.1) is 0 Å². The number of carbonyl (C=O) groups is 1. The summed E-state index contributed by atoms with van der Waals surface area (Å²) in [6.07, 6.45) is 9.50. The Labute approximate surface area is 133 Å². The number of unbranched alkanes of at least 4 members (excludes halogenated alkanes) is 4. The zero-order valence-corrected chi connectivity index (χ0v) is 13.8. The van der Waals surface area contributed by atoms with Crippen LogP contribution < -0.4 is 5.32 Å². The first-order chi connectivity index (χ1) is 10.7. The number of benzene rings is 1. The molecule has 0 saturated heterocycles. The molecule has 0 saturated carbocycles. The molecule has 0 spiro atoms. The number of amides is 1. The number of allylic oxidation sites excluding steroid dienone is 1. The molecule has 1 N–H and O–H groups in total. The summed E-state index contributed by atoms with van der Waals surface area (Å²) < 4.78 is 12.8. The van der Waals surface area contributed by atoms with Crippen LogP contribution in [0.15, 0.2) is 35.9 Å². The fourth-order valence-electron chi connectivity index (χ4n) is 2.39. The molecular weight excluding hydrogens is 277 g/mol. The third kappa shape index (κ3) is 7.39. The average molecular weight is 305 g/mol. The summed E-state index contributed by atoms with van der Waals surface area (Å²) in [5, 5.41) is 2.95. The molecule has 0 aliphatic heterocycles. The number of carbonyl (C=O) groups excluding carboxylic acids is 1. The molecule has 0 fully saturated rings. The molecule has 0 aromatic heterocycles. The predicted octanol–water partition coefficient (Wildman–Crippen LogP) is 4.79. The molecule has 122 valence electrons. The van der Waals surface area contributed by atoms with Gasteiger partial charge in [0.15, 0.2) is 0 Å². The van der Waals surface area contributed by atoms with Crippen LogP contribution >= 0.6 is 0 Å². The van der Waals surface area contributed by atoms with Crippen LogP contribution in [0.2, 0.25) is 0 Å². The van der Waals surface area contributed by atoms with E-state index in [0.717, 1.165) is 30.4 Å². The van der Waals surface area contributed by atoms with Gasteiger partial charge in [0.2, 0.25) is 5.91 Å². The minimum absolute atomic E-state index is 0.0279. The summed E-state index contributed by atoms with van der Waals surface area (Å²) in [6, 6.07) is 6.41. The predicted molar refractivity (Wildman–Crippen MR) is 90.2 cm³/mol. The van der Waals surface area contributed by atoms with Crippen molar-refractivity contribution in [2.45, 2.75) is 58.8 Å². The van der Waals surface area contributed by atoms with Crippen LogP contribution in [0, 0.1) is 5.82 Å². The van der Waals surface area contributed by atoms with E-state index in [1.165, 1.54) is 37.8 Å². The van der Waals surface area contributed by atoms with Crippen molar-refractivity contribution in [3.8, 4) is 0 Å². The maximum absolute atomic E-state index is 12.8. The van der Waals surface area contributed by atoms with Gasteiger partial charge in [0.25, 0.3) is 0 Å². The van der Waals surface area contributed by atoms with E-state index in [4.69, 9.17) is 0 Å². The number of nitrogens with one attached hydrogen (secondary N) is 1. The van der Waals surface area contributed by atoms with Crippen LogP contribution in [0.4, 0.5) is 4.39 Å². The second-order valence-corrected chi connectivity index (χ2v) is 5.61. The fourth-order valence-corrected chi connectivity index (χ4v) is 2.39. The van der Waals surface area contributed by atoms with E-state index in [9.17, 15) is 9.18 Å². The van der Waals surface area contributed by atoms with Crippen LogP contribution in [0.5, 0.6) is 0 Å². The Bertz CT molecular complexity index is 465. The second-order valence-electron chi connectivity index (χ2n) is 5.61. The van der Waals surface area contributed by atoms with Crippen molar-refractivity contribution >= 4 is 5.91 Å². The summed E-state index contributed by atoms with van der Waals surface area (Å²) in [5.74, 6) is -0.202. The highest BCUT2D eigenvalue weighted by molar-refractivity contribution is 5.93. The van der Waals surface area contributed by atoms with E-state index < -0.39 is 0 Å². The van der Waals surface area contributed by atoms with E-state index >= 15 is 0 Å². The van der Waals surface area contributed by atoms with Gasteiger partial charge >= 0.3 is 0 Å². The number of hydrogen-bond acceptors (Lipinski definition) is 1. The van der Waals surface area contributed by atoms with Gasteiger partial charge in [-0.3, -0.25) is 4.79 Å². The van der Waals surface area contributed by atoms with Gasteiger partial charge in [-0.25, -0.2) is 4.39 Å². The summed E-state index contributed by atoms with van der Waals surface area (Å²) in [6.45, 7) is 4.70. The first-order valence-electron chi connectivity index (χ1n) is 8.35. The minimum atomic E-state index is -0.230. The standard InChI is InChI=1S/C19H28FNO/c1-3-5-6-7-8-9-17(4-2)19(22)21-15-14-16-10-12-18(20)13-11-16/h4,10-13H,3,5-9,14-15H2,1-2H3,(H,21,22). The second kappa shape index (κ2) is 11.0. The molecule has 1 amide bonds. The van der Waals surface area contributed by atoms with Crippen molar-refractivity contribution in [2.24, 2.45) is 0 Å². The monoisotopic (exact) mass is 305 g/mol. The minimum Gasteiger partial charge on any atom is -0.352 e. The lowest BCUT2D eigenvalue weighted by atomic mass is 10.0. The first-order valence-corrected chi connectivity index (χ1v) is 8.35. The lowest BCUT2D eigenvalue weighted by Crippen LogP contribution is -2.27. The lowest BCUT2D eigenvalue weighted by molar-refractivity contribution is -0.117. The van der Waals surface area contributed by atoms with Gasteiger partial charge in [-0.2, -0.15) is 0 Å². The quantitative estimate of drug-likeness (QED) is 0.488. The molecule has 1 aromatic rings. The summed E-state index contributed by atoms with van der Waals surface area (Å²) in [5.41, 5.74) is 1.90. The molecule has 0 bridgehead atoms. The molecule has 1 aromatic carbocycles. The van der Waals surface area contributed by atoms with Gasteiger partial charge in [0, 0.05) is 12.1 Å². The van der Waals surface area contributed by atoms with Gasteiger partial charge < -0.3 is 5.32 Å². The number of hydrogen-bond donors (Lipinski definition) is 1. The van der Waals surface area contributed by atoms with E-state index in [-0.39, 0.29) is 11.7 Å². The van der Waals surface area contributed by atoms with Crippen LogP contribution in [0.25, 0.3) is 0 Å². The third-order valence-corrected chi connectivity index (χ3v) is 3.80. The molecule has 2 nitrogen and oxygen atoms in total. The van der Waals surface area contributed by atoms with Gasteiger partial charge in [-0.1, -0.05) is 50.8 Å². The van der Waals surface area contributed by atoms with Crippen LogP contribution in [0.1, 0.15) is 57.9 Å². The summed E-state index contributed by atoms with van der Waals surface area (Å²) in [4.78, 5) is 12.1. The zero-order chi connectivity index (χ0) is 16.2. The molecule has 0 unspecified atom stereocenters. The lowest BCUT2D eigenvalue weighted by Gasteiger charge is -2.09. The molecule has 0 radical (unpaired) electrons. The molecule has 0 atom stereocenters. The molecule has 22 heavy (non-hydrogen) atoms. The van der Waals surface area contributed by atoms with Crippen LogP contribution in [-0.4, -0.2) is 12.5 Å². The Kier molecular flexibility index (Phi) is 9.20. The summed E-state index contributed by atoms with van der Waals surface area (Å²) in [7, 11) is 0. The van der Waals surface area contributed by atoms with Crippen molar-refractivity contribution in [2.75, 3.05) is 6.54 Å². The number of halogens is 1. The van der Waals surface area contributed by atoms with E-state index in [0.29, 0.717) is 6.54 Å². The van der Waals surface area contributed by atoms with E-state index in [2.05, 4.69) is 12.2 Å². The van der Waals surface area contributed by atoms with Crippen molar-refractivity contribution in [1.29, 1.82) is 0 Å². The van der Waals surface area contributed by atoms with Crippen molar-refractivity contribution < 1.29 is 9.18 Å². The molecule has 0 aliphatic rings. The van der Waals surface area contributed by atoms with Crippen molar-refractivity contribution in [3.63, 3.8) is 0 Å². The molecule has 1 rings (SSSR count). The molecule has 0 aliphatic carbocycles. The summed E-state index contributed by atoms with van der Waals surface area (Å²) >= 11 is 0. The first kappa shape index (κ1) is 18.4. The molecular formula is C19H28FNO. The third-order valence-electron chi connectivity index (χ3n) is 3.80. The molecule has 3 heteroatoms. The van der Waals surface area contributed by atoms with Gasteiger partial charge in [0.1, 0.15) is 5.82 Å².